The zero-order chi connectivity index (χ0) is 15.2. The van der Waals surface area contributed by atoms with Crippen molar-refractivity contribution in [2.75, 3.05) is 13.2 Å². The molecule has 0 amide bonds. The standard InChI is InChI=1S/C16H31N3O/c1-7-14-13(12-17-9-3)15(8-2)19(18-14)10-11-20-16(4,5)6/h17H,7-12H2,1-6H3. The predicted octanol–water partition coefficient (Wildman–Crippen LogP) is 2.93. The van der Waals surface area contributed by atoms with E-state index in [0.29, 0.717) is 6.61 Å². The van der Waals surface area contributed by atoms with Crippen LogP contribution in [0.1, 0.15) is 58.5 Å². The lowest BCUT2D eigenvalue weighted by Crippen LogP contribution is -2.22. The van der Waals surface area contributed by atoms with Crippen LogP contribution in [0.25, 0.3) is 0 Å². The number of aryl methyl sites for hydroxylation is 1. The van der Waals surface area contributed by atoms with E-state index in [9.17, 15) is 0 Å². The van der Waals surface area contributed by atoms with Gasteiger partial charge in [-0.25, -0.2) is 0 Å². The van der Waals surface area contributed by atoms with Gasteiger partial charge in [-0.15, -0.1) is 0 Å². The maximum atomic E-state index is 5.82. The second kappa shape index (κ2) is 7.79. The van der Waals surface area contributed by atoms with Gasteiger partial charge in [0.15, 0.2) is 0 Å². The quantitative estimate of drug-likeness (QED) is 0.796. The summed E-state index contributed by atoms with van der Waals surface area (Å²) in [5.41, 5.74) is 3.87. The van der Waals surface area contributed by atoms with Gasteiger partial charge in [0, 0.05) is 17.8 Å². The third kappa shape index (κ3) is 4.91. The number of hydrogen-bond donors (Lipinski definition) is 1. The van der Waals surface area contributed by atoms with Crippen molar-refractivity contribution >= 4 is 0 Å². The molecule has 0 aliphatic carbocycles. The average molecular weight is 281 g/mol. The SMILES string of the molecule is CCNCc1c(CC)nn(CCOC(C)(C)C)c1CC. The van der Waals surface area contributed by atoms with Crippen molar-refractivity contribution in [1.29, 1.82) is 0 Å². The number of nitrogens with zero attached hydrogens (tertiary/aromatic N) is 2. The van der Waals surface area contributed by atoms with Crippen LogP contribution in [-0.4, -0.2) is 28.5 Å². The van der Waals surface area contributed by atoms with E-state index in [4.69, 9.17) is 9.84 Å². The van der Waals surface area contributed by atoms with Gasteiger partial charge in [-0.1, -0.05) is 20.8 Å². The van der Waals surface area contributed by atoms with Crippen molar-refractivity contribution in [3.8, 4) is 0 Å². The van der Waals surface area contributed by atoms with Crippen LogP contribution in [0.15, 0.2) is 0 Å². The second-order valence-corrected chi connectivity index (χ2v) is 6.04. The highest BCUT2D eigenvalue weighted by atomic mass is 16.5. The van der Waals surface area contributed by atoms with E-state index in [1.165, 1.54) is 17.0 Å². The molecule has 0 aromatic carbocycles. The molecular formula is C16H31N3O. The zero-order valence-corrected chi connectivity index (χ0v) is 14.0. The molecule has 4 heteroatoms. The van der Waals surface area contributed by atoms with Crippen LogP contribution in [0.3, 0.4) is 0 Å². The Balaban J connectivity index is 2.82. The van der Waals surface area contributed by atoms with E-state index < -0.39 is 0 Å². The first-order chi connectivity index (χ1) is 9.42. The third-order valence-electron chi connectivity index (χ3n) is 3.31. The van der Waals surface area contributed by atoms with Gasteiger partial charge in [0.25, 0.3) is 0 Å². The molecule has 0 spiro atoms. The summed E-state index contributed by atoms with van der Waals surface area (Å²) in [5.74, 6) is 0. The van der Waals surface area contributed by atoms with Crippen LogP contribution in [0.2, 0.25) is 0 Å². The lowest BCUT2D eigenvalue weighted by Gasteiger charge is -2.19. The molecule has 0 aliphatic rings. The molecule has 1 aromatic rings. The topological polar surface area (TPSA) is 39.1 Å². The van der Waals surface area contributed by atoms with Crippen LogP contribution >= 0.6 is 0 Å². The number of rotatable bonds is 8. The molecule has 0 radical (unpaired) electrons. The van der Waals surface area contributed by atoms with E-state index in [1.54, 1.807) is 0 Å². The van der Waals surface area contributed by atoms with Crippen molar-refractivity contribution in [3.05, 3.63) is 17.0 Å². The number of hydrogen-bond acceptors (Lipinski definition) is 3. The van der Waals surface area contributed by atoms with E-state index in [2.05, 4.69) is 51.5 Å². The van der Waals surface area contributed by atoms with Gasteiger partial charge in [0.1, 0.15) is 0 Å². The Bertz CT molecular complexity index is 405. The minimum absolute atomic E-state index is 0.0836. The summed E-state index contributed by atoms with van der Waals surface area (Å²) in [6.07, 6.45) is 2.00. The Morgan fingerprint density at radius 1 is 1.15 bits per heavy atom. The summed E-state index contributed by atoms with van der Waals surface area (Å²) in [5, 5.41) is 8.19. The fraction of sp³-hybridized carbons (Fsp3) is 0.812. The van der Waals surface area contributed by atoms with Crippen molar-refractivity contribution in [2.24, 2.45) is 0 Å². The van der Waals surface area contributed by atoms with E-state index in [1.807, 2.05) is 0 Å². The first-order valence-electron chi connectivity index (χ1n) is 7.85. The van der Waals surface area contributed by atoms with Gasteiger partial charge in [-0.2, -0.15) is 5.10 Å². The fourth-order valence-electron chi connectivity index (χ4n) is 2.35. The molecule has 0 saturated heterocycles. The lowest BCUT2D eigenvalue weighted by atomic mass is 10.1. The van der Waals surface area contributed by atoms with Gasteiger partial charge in [0.2, 0.25) is 0 Å². The molecule has 1 heterocycles. The normalized spacial score (nSPS) is 12.1. The summed E-state index contributed by atoms with van der Waals surface area (Å²) < 4.78 is 7.96. The summed E-state index contributed by atoms with van der Waals surface area (Å²) in [6.45, 7) is 16.2. The Kier molecular flexibility index (Phi) is 6.69. The van der Waals surface area contributed by atoms with Gasteiger partial charge in [0.05, 0.1) is 24.4 Å². The molecule has 0 aliphatic heterocycles. The molecular weight excluding hydrogens is 250 g/mol. The number of nitrogens with one attached hydrogen (secondary N) is 1. The molecule has 4 nitrogen and oxygen atoms in total. The summed E-state index contributed by atoms with van der Waals surface area (Å²) in [7, 11) is 0. The monoisotopic (exact) mass is 281 g/mol. The van der Waals surface area contributed by atoms with Crippen LogP contribution in [0.4, 0.5) is 0 Å². The molecule has 20 heavy (non-hydrogen) atoms. The van der Waals surface area contributed by atoms with Crippen molar-refractivity contribution in [1.82, 2.24) is 15.1 Å². The summed E-state index contributed by atoms with van der Waals surface area (Å²) in [4.78, 5) is 0. The minimum Gasteiger partial charge on any atom is -0.374 e. The smallest absolute Gasteiger partial charge is 0.0669 e. The Morgan fingerprint density at radius 3 is 2.35 bits per heavy atom. The van der Waals surface area contributed by atoms with Crippen LogP contribution < -0.4 is 5.32 Å². The van der Waals surface area contributed by atoms with Gasteiger partial charge < -0.3 is 10.1 Å². The first-order valence-corrected chi connectivity index (χ1v) is 7.85. The zero-order valence-electron chi connectivity index (χ0n) is 14.0. The van der Waals surface area contributed by atoms with Gasteiger partial charge in [-0.05, 0) is 40.2 Å². The highest BCUT2D eigenvalue weighted by Crippen LogP contribution is 2.17. The molecule has 0 saturated carbocycles. The van der Waals surface area contributed by atoms with E-state index in [-0.39, 0.29) is 5.60 Å². The van der Waals surface area contributed by atoms with Gasteiger partial charge >= 0.3 is 0 Å². The third-order valence-corrected chi connectivity index (χ3v) is 3.31. The molecule has 0 fully saturated rings. The Morgan fingerprint density at radius 2 is 1.85 bits per heavy atom. The number of ether oxygens (including phenoxy) is 1. The molecule has 116 valence electrons. The van der Waals surface area contributed by atoms with Gasteiger partial charge in [-0.3, -0.25) is 4.68 Å². The average Bonchev–Trinajstić information content (AvgIpc) is 2.71. The molecule has 0 bridgehead atoms. The second-order valence-electron chi connectivity index (χ2n) is 6.04. The lowest BCUT2D eigenvalue weighted by molar-refractivity contribution is -0.00817. The Labute approximate surface area is 123 Å². The summed E-state index contributed by atoms with van der Waals surface area (Å²) >= 11 is 0. The maximum absolute atomic E-state index is 5.82. The first kappa shape index (κ1) is 17.2. The highest BCUT2D eigenvalue weighted by molar-refractivity contribution is 5.26. The van der Waals surface area contributed by atoms with Crippen molar-refractivity contribution < 1.29 is 4.74 Å². The largest absolute Gasteiger partial charge is 0.374 e. The van der Waals surface area contributed by atoms with Crippen LogP contribution in [0, 0.1) is 0 Å². The van der Waals surface area contributed by atoms with Crippen molar-refractivity contribution in [3.63, 3.8) is 0 Å². The van der Waals surface area contributed by atoms with E-state index >= 15 is 0 Å². The fourth-order valence-corrected chi connectivity index (χ4v) is 2.35. The van der Waals surface area contributed by atoms with Crippen LogP contribution in [-0.2, 0) is 30.7 Å². The number of aromatic nitrogens is 2. The molecule has 1 rings (SSSR count). The molecule has 1 N–H and O–H groups in total. The Hall–Kier alpha value is -0.870. The van der Waals surface area contributed by atoms with Crippen molar-refractivity contribution in [2.45, 2.75) is 73.1 Å². The predicted molar refractivity (Wildman–Crippen MR) is 84.1 cm³/mol. The molecule has 0 unspecified atom stereocenters. The highest BCUT2D eigenvalue weighted by Gasteiger charge is 2.16. The summed E-state index contributed by atoms with van der Waals surface area (Å²) in [6, 6.07) is 0. The minimum atomic E-state index is -0.0836. The van der Waals surface area contributed by atoms with E-state index in [0.717, 1.165) is 32.5 Å². The molecule has 0 atom stereocenters. The molecule has 1 aromatic heterocycles. The maximum Gasteiger partial charge on any atom is 0.0669 e. The van der Waals surface area contributed by atoms with Crippen LogP contribution in [0.5, 0.6) is 0 Å².